The lowest BCUT2D eigenvalue weighted by atomic mass is 10.1. The summed E-state index contributed by atoms with van der Waals surface area (Å²) in [6.45, 7) is 2.97. The fraction of sp³-hybridized carbons (Fsp3) is 0.636. The lowest BCUT2D eigenvalue weighted by Crippen LogP contribution is -2.44. The molecule has 2 N–H and O–H groups in total. The predicted octanol–water partition coefficient (Wildman–Crippen LogP) is -0.867. The smallest absolute Gasteiger partial charge is 0.257 e. The summed E-state index contributed by atoms with van der Waals surface area (Å²) in [6.07, 6.45) is 1.21. The van der Waals surface area contributed by atoms with Gasteiger partial charge in [-0.1, -0.05) is 0 Å². The Morgan fingerprint density at radius 3 is 2.82 bits per heavy atom. The highest BCUT2D eigenvalue weighted by atomic mass is 16.3. The predicted molar refractivity (Wildman–Crippen MR) is 62.7 cm³/mol. The van der Waals surface area contributed by atoms with Gasteiger partial charge in [-0.05, 0) is 6.92 Å². The van der Waals surface area contributed by atoms with Crippen molar-refractivity contribution in [3.8, 4) is 0 Å². The summed E-state index contributed by atoms with van der Waals surface area (Å²) in [7, 11) is 3.51. The van der Waals surface area contributed by atoms with E-state index >= 15 is 0 Å². The van der Waals surface area contributed by atoms with E-state index in [1.807, 2.05) is 6.92 Å². The number of likely N-dealkylation sites (N-methyl/N-ethyl adjacent to an activating group) is 1. The Kier molecular flexibility index (Phi) is 3.17. The Morgan fingerprint density at radius 1 is 1.65 bits per heavy atom. The molecule has 0 unspecified atom stereocenters. The second kappa shape index (κ2) is 4.46. The summed E-state index contributed by atoms with van der Waals surface area (Å²) < 4.78 is 1.62. The number of aliphatic hydroxyl groups is 1. The van der Waals surface area contributed by atoms with Crippen molar-refractivity contribution in [1.29, 1.82) is 0 Å². The van der Waals surface area contributed by atoms with Gasteiger partial charge in [0.2, 0.25) is 0 Å². The number of aliphatic hydroxyl groups excluding tert-OH is 1. The van der Waals surface area contributed by atoms with E-state index in [4.69, 9.17) is 0 Å². The molecule has 1 aliphatic rings. The number of hydrogen-bond acceptors (Lipinski definition) is 4. The topological polar surface area (TPSA) is 70.4 Å². The number of amides is 1. The molecule has 2 atom stereocenters. The minimum Gasteiger partial charge on any atom is -0.390 e. The number of hydrogen-bond donors (Lipinski definition) is 2. The molecular formula is C11H18N4O2. The lowest BCUT2D eigenvalue weighted by molar-refractivity contribution is 0.0580. The molecule has 17 heavy (non-hydrogen) atoms. The lowest BCUT2D eigenvalue weighted by Gasteiger charge is -2.26. The van der Waals surface area contributed by atoms with E-state index in [0.717, 1.165) is 0 Å². The van der Waals surface area contributed by atoms with Gasteiger partial charge in [-0.3, -0.25) is 9.48 Å². The highest BCUT2D eigenvalue weighted by Crippen LogP contribution is 2.13. The number of β-amino-alcohol motifs (C(OH)–C–C–N with tert-alkyl or cyclic N) is 1. The van der Waals surface area contributed by atoms with Crippen molar-refractivity contribution in [2.45, 2.75) is 19.1 Å². The molecule has 1 aliphatic heterocycles. The third kappa shape index (κ3) is 2.18. The third-order valence-electron chi connectivity index (χ3n) is 3.21. The molecule has 1 aromatic rings. The largest absolute Gasteiger partial charge is 0.390 e. The molecule has 6 nitrogen and oxygen atoms in total. The molecule has 0 aromatic carbocycles. The van der Waals surface area contributed by atoms with Crippen LogP contribution in [0.15, 0.2) is 6.20 Å². The molecule has 1 amide bonds. The van der Waals surface area contributed by atoms with Crippen LogP contribution in [0.3, 0.4) is 0 Å². The molecule has 1 fully saturated rings. The molecule has 0 aliphatic carbocycles. The van der Waals surface area contributed by atoms with Crippen molar-refractivity contribution in [2.24, 2.45) is 7.05 Å². The van der Waals surface area contributed by atoms with Crippen LogP contribution < -0.4 is 5.32 Å². The highest BCUT2D eigenvalue weighted by Gasteiger charge is 2.32. The number of aromatic nitrogens is 2. The first-order valence-corrected chi connectivity index (χ1v) is 5.67. The van der Waals surface area contributed by atoms with Gasteiger partial charge >= 0.3 is 0 Å². The van der Waals surface area contributed by atoms with Crippen LogP contribution in [0.25, 0.3) is 0 Å². The second-order valence-electron chi connectivity index (χ2n) is 4.51. The number of carbonyl (C=O) groups is 1. The van der Waals surface area contributed by atoms with Gasteiger partial charge < -0.3 is 15.3 Å². The van der Waals surface area contributed by atoms with Gasteiger partial charge in [-0.2, -0.15) is 5.10 Å². The molecule has 1 saturated heterocycles. The van der Waals surface area contributed by atoms with Crippen LogP contribution in [0, 0.1) is 6.92 Å². The number of nitrogens with zero attached hydrogens (tertiary/aromatic N) is 3. The summed E-state index contributed by atoms with van der Waals surface area (Å²) in [5, 5.41) is 17.0. The summed E-state index contributed by atoms with van der Waals surface area (Å²) in [5.41, 5.74) is 1.30. The Labute approximate surface area is 100 Å². The fourth-order valence-corrected chi connectivity index (χ4v) is 2.20. The van der Waals surface area contributed by atoms with E-state index in [-0.39, 0.29) is 11.9 Å². The molecule has 0 bridgehead atoms. The second-order valence-corrected chi connectivity index (χ2v) is 4.51. The Morgan fingerprint density at radius 2 is 2.35 bits per heavy atom. The van der Waals surface area contributed by atoms with Crippen LogP contribution in [-0.4, -0.2) is 58.0 Å². The van der Waals surface area contributed by atoms with Gasteiger partial charge in [0.1, 0.15) is 0 Å². The number of rotatable bonds is 2. The van der Waals surface area contributed by atoms with Gasteiger partial charge in [0.05, 0.1) is 23.4 Å². The van der Waals surface area contributed by atoms with Crippen molar-refractivity contribution in [2.75, 3.05) is 20.1 Å². The summed E-state index contributed by atoms with van der Waals surface area (Å²) in [6, 6.07) is -0.165. The Balaban J connectivity index is 2.17. The maximum atomic E-state index is 12.2. The fourth-order valence-electron chi connectivity index (χ4n) is 2.20. The van der Waals surface area contributed by atoms with Crippen molar-refractivity contribution < 1.29 is 9.90 Å². The van der Waals surface area contributed by atoms with E-state index in [9.17, 15) is 9.90 Å². The molecule has 2 rings (SSSR count). The van der Waals surface area contributed by atoms with Crippen LogP contribution in [0.2, 0.25) is 0 Å². The van der Waals surface area contributed by atoms with Crippen LogP contribution >= 0.6 is 0 Å². The zero-order valence-electron chi connectivity index (χ0n) is 10.3. The zero-order chi connectivity index (χ0) is 12.6. The maximum Gasteiger partial charge on any atom is 0.257 e. The first kappa shape index (κ1) is 12.1. The van der Waals surface area contributed by atoms with Crippen molar-refractivity contribution in [3.05, 3.63) is 17.5 Å². The van der Waals surface area contributed by atoms with Crippen LogP contribution in [0.4, 0.5) is 0 Å². The normalized spacial score (nSPS) is 24.0. The minimum atomic E-state index is -0.499. The first-order valence-electron chi connectivity index (χ1n) is 5.67. The van der Waals surface area contributed by atoms with E-state index in [1.165, 1.54) is 0 Å². The Hall–Kier alpha value is -1.40. The van der Waals surface area contributed by atoms with Crippen molar-refractivity contribution in [3.63, 3.8) is 0 Å². The monoisotopic (exact) mass is 238 g/mol. The standard InChI is InChI=1S/C11H18N4O2/c1-7-8(6-14(2)13-7)11(17)15(3)9-4-12-5-10(9)16/h6,9-10,12,16H,4-5H2,1-3H3/t9-,10-/m1/s1. The summed E-state index contributed by atoms with van der Waals surface area (Å²) in [4.78, 5) is 13.8. The van der Waals surface area contributed by atoms with Gasteiger partial charge in [-0.25, -0.2) is 0 Å². The quantitative estimate of drug-likeness (QED) is 0.703. The third-order valence-corrected chi connectivity index (χ3v) is 3.21. The highest BCUT2D eigenvalue weighted by molar-refractivity contribution is 5.95. The average Bonchev–Trinajstić information content (AvgIpc) is 2.82. The SMILES string of the molecule is Cc1nn(C)cc1C(=O)N(C)[C@@H]1CNC[C@H]1O. The van der Waals surface area contributed by atoms with E-state index < -0.39 is 6.10 Å². The average molecular weight is 238 g/mol. The Bertz CT molecular complexity index is 429. The number of nitrogens with one attached hydrogen (secondary N) is 1. The molecule has 6 heteroatoms. The van der Waals surface area contributed by atoms with Crippen molar-refractivity contribution in [1.82, 2.24) is 20.0 Å². The van der Waals surface area contributed by atoms with Gasteiger partial charge in [0, 0.05) is 33.4 Å². The van der Waals surface area contributed by atoms with Crippen LogP contribution in [0.1, 0.15) is 16.1 Å². The first-order chi connectivity index (χ1) is 8.00. The van der Waals surface area contributed by atoms with E-state index in [1.54, 1.807) is 29.9 Å². The molecule has 0 radical (unpaired) electrons. The molecule has 0 saturated carbocycles. The van der Waals surface area contributed by atoms with Gasteiger partial charge in [-0.15, -0.1) is 0 Å². The van der Waals surface area contributed by atoms with Crippen LogP contribution in [-0.2, 0) is 7.05 Å². The molecular weight excluding hydrogens is 220 g/mol. The van der Waals surface area contributed by atoms with Gasteiger partial charge in [0.15, 0.2) is 0 Å². The van der Waals surface area contributed by atoms with E-state index in [2.05, 4.69) is 10.4 Å². The summed E-state index contributed by atoms with van der Waals surface area (Å²) >= 11 is 0. The number of aryl methyl sites for hydroxylation is 2. The van der Waals surface area contributed by atoms with Crippen molar-refractivity contribution >= 4 is 5.91 Å². The zero-order valence-corrected chi connectivity index (χ0v) is 10.3. The maximum absolute atomic E-state index is 12.2. The molecule has 94 valence electrons. The number of carbonyl (C=O) groups excluding carboxylic acids is 1. The van der Waals surface area contributed by atoms with Crippen LogP contribution in [0.5, 0.6) is 0 Å². The molecule has 0 spiro atoms. The molecule has 2 heterocycles. The minimum absolute atomic E-state index is 0.0941. The molecule has 1 aromatic heterocycles. The van der Waals surface area contributed by atoms with E-state index in [0.29, 0.717) is 24.3 Å². The summed E-state index contributed by atoms with van der Waals surface area (Å²) in [5.74, 6) is -0.0941. The van der Waals surface area contributed by atoms with Gasteiger partial charge in [0.25, 0.3) is 5.91 Å².